The van der Waals surface area contributed by atoms with E-state index >= 15 is 4.11 Å². The number of halogens is 1. The zero-order valence-corrected chi connectivity index (χ0v) is 28.8. The van der Waals surface area contributed by atoms with E-state index in [0.29, 0.717) is 6.42 Å². The van der Waals surface area contributed by atoms with Gasteiger partial charge < -0.3 is 31.1 Å². The van der Waals surface area contributed by atoms with Crippen molar-refractivity contribution in [3.63, 3.8) is 0 Å². The van der Waals surface area contributed by atoms with Crippen LogP contribution in [0, 0.1) is 5.92 Å². The Kier molecular flexibility index (Phi) is 15.1. The highest BCUT2D eigenvalue weighted by molar-refractivity contribution is 6.88. The smallest absolute Gasteiger partial charge is 0.282 e. The van der Waals surface area contributed by atoms with Crippen LogP contribution in [0.15, 0.2) is 54.6 Å². The lowest BCUT2D eigenvalue weighted by molar-refractivity contribution is -0.131. The van der Waals surface area contributed by atoms with Crippen molar-refractivity contribution in [2.24, 2.45) is 11.7 Å². The van der Waals surface area contributed by atoms with Gasteiger partial charge in [-0.3, -0.25) is 24.0 Å². The van der Waals surface area contributed by atoms with Crippen molar-refractivity contribution in [1.29, 1.82) is 0 Å². The summed E-state index contributed by atoms with van der Waals surface area (Å²) in [7, 11) is -3.20. The standard InChI is InChI=1S/C34H50FN5O5Si/c1-22(2)32(40-30(42)16-15-26-13-10-14-27(19-26)46(35,23(3)4)24(5)6)34(45)37-18-17-31(43)39-28(33(44)38-21-29(36)41)20-25-11-8-7-9-12-25/h7-14,19,22-24,28,32H,15-18,20-21H2,1-6H3,(H2,36,41)(H,37,45)(H,38,44)(H,39,43)(H,40,42)/t28-,32-/m0/s1. The Hall–Kier alpha value is -4.06. The third-order valence-corrected chi connectivity index (χ3v) is 12.5. The third kappa shape index (κ3) is 11.7. The van der Waals surface area contributed by atoms with Crippen LogP contribution in [-0.2, 0) is 36.8 Å². The van der Waals surface area contributed by atoms with Crippen LogP contribution in [0.25, 0.3) is 0 Å². The van der Waals surface area contributed by atoms with Crippen molar-refractivity contribution in [3.8, 4) is 0 Å². The van der Waals surface area contributed by atoms with Gasteiger partial charge in [-0.25, -0.2) is 0 Å². The number of hydrogen-bond donors (Lipinski definition) is 5. The normalized spacial score (nSPS) is 12.8. The second-order valence-corrected chi connectivity index (χ2v) is 17.0. The predicted octanol–water partition coefficient (Wildman–Crippen LogP) is 2.54. The number of amides is 5. The summed E-state index contributed by atoms with van der Waals surface area (Å²) in [5, 5.41) is 11.3. The number of benzene rings is 2. The van der Waals surface area contributed by atoms with Crippen LogP contribution in [-0.4, -0.2) is 63.1 Å². The molecule has 2 aromatic rings. The fraction of sp³-hybridized carbons (Fsp3) is 0.500. The molecule has 252 valence electrons. The van der Waals surface area contributed by atoms with Crippen molar-refractivity contribution >= 4 is 43.1 Å². The largest absolute Gasteiger partial charge is 0.368 e. The SMILES string of the molecule is CC(C)[C@H](NC(=O)CCc1cccc([Si](F)(C(C)C)C(C)C)c1)C(=O)NCCC(=O)N[C@@H](Cc1ccccc1)C(=O)NCC(N)=O. The molecule has 0 bridgehead atoms. The number of carbonyl (C=O) groups is 5. The number of aryl methyl sites for hydroxylation is 1. The van der Waals surface area contributed by atoms with Gasteiger partial charge in [0.05, 0.1) is 6.54 Å². The molecule has 0 aliphatic heterocycles. The molecule has 5 amide bonds. The number of rotatable bonds is 18. The maximum Gasteiger partial charge on any atom is 0.282 e. The summed E-state index contributed by atoms with van der Waals surface area (Å²) in [6, 6.07) is 14.8. The van der Waals surface area contributed by atoms with Crippen LogP contribution in [0.1, 0.15) is 65.5 Å². The minimum absolute atomic E-state index is 0.0158. The highest BCUT2D eigenvalue weighted by Gasteiger charge is 2.43. The number of nitrogens with two attached hydrogens (primary N) is 1. The maximum absolute atomic E-state index is 16.1. The first-order valence-corrected chi connectivity index (χ1v) is 17.9. The number of hydrogen-bond acceptors (Lipinski definition) is 5. The fourth-order valence-corrected chi connectivity index (χ4v) is 8.79. The molecular formula is C34H50FN5O5Si. The molecule has 0 saturated heterocycles. The Morgan fingerprint density at radius 2 is 1.37 bits per heavy atom. The van der Waals surface area contributed by atoms with Gasteiger partial charge in [0.2, 0.25) is 29.5 Å². The summed E-state index contributed by atoms with van der Waals surface area (Å²) in [5.41, 5.74) is 6.65. The summed E-state index contributed by atoms with van der Waals surface area (Å²) in [4.78, 5) is 62.3. The lowest BCUT2D eigenvalue weighted by Crippen LogP contribution is -2.51. The van der Waals surface area contributed by atoms with E-state index in [1.807, 2.05) is 96.1 Å². The average Bonchev–Trinajstić information content (AvgIpc) is 3.00. The Balaban J connectivity index is 1.92. The Labute approximate surface area is 273 Å². The minimum atomic E-state index is -3.20. The van der Waals surface area contributed by atoms with Crippen LogP contribution in [0.3, 0.4) is 0 Å². The van der Waals surface area contributed by atoms with Gasteiger partial charge in [-0.1, -0.05) is 96.1 Å². The molecule has 2 atom stereocenters. The van der Waals surface area contributed by atoms with Crippen molar-refractivity contribution in [2.75, 3.05) is 13.1 Å². The molecule has 0 aliphatic rings. The highest BCUT2D eigenvalue weighted by Crippen LogP contribution is 2.33. The first-order valence-electron chi connectivity index (χ1n) is 15.9. The molecule has 0 heterocycles. The van der Waals surface area contributed by atoms with E-state index in [1.54, 1.807) is 0 Å². The topological polar surface area (TPSA) is 159 Å². The van der Waals surface area contributed by atoms with Crippen LogP contribution in [0.5, 0.6) is 0 Å². The second kappa shape index (κ2) is 18.2. The van der Waals surface area contributed by atoms with Crippen LogP contribution in [0.4, 0.5) is 4.11 Å². The molecule has 10 nitrogen and oxygen atoms in total. The molecule has 6 N–H and O–H groups in total. The minimum Gasteiger partial charge on any atom is -0.368 e. The van der Waals surface area contributed by atoms with Gasteiger partial charge in [-0.15, -0.1) is 0 Å². The molecule has 0 fully saturated rings. The van der Waals surface area contributed by atoms with E-state index in [-0.39, 0.29) is 55.3 Å². The van der Waals surface area contributed by atoms with Crippen LogP contribution in [0.2, 0.25) is 11.1 Å². The first kappa shape index (κ1) is 38.1. The van der Waals surface area contributed by atoms with Crippen LogP contribution < -0.4 is 32.2 Å². The summed E-state index contributed by atoms with van der Waals surface area (Å²) >= 11 is 0. The lowest BCUT2D eigenvalue weighted by Gasteiger charge is -2.31. The molecule has 12 heteroatoms. The van der Waals surface area contributed by atoms with Crippen molar-refractivity contribution < 1.29 is 28.1 Å². The number of primary amides is 1. The fourth-order valence-electron chi connectivity index (χ4n) is 5.37. The first-order chi connectivity index (χ1) is 21.6. The number of nitrogens with one attached hydrogen (secondary N) is 4. The summed E-state index contributed by atoms with van der Waals surface area (Å²) in [6.07, 6.45) is 0.625. The van der Waals surface area contributed by atoms with E-state index in [0.717, 1.165) is 16.3 Å². The molecule has 0 saturated carbocycles. The Morgan fingerprint density at radius 1 is 0.761 bits per heavy atom. The van der Waals surface area contributed by atoms with Crippen molar-refractivity contribution in [2.45, 2.75) is 90.4 Å². The van der Waals surface area contributed by atoms with Gasteiger partial charge in [-0.2, -0.15) is 0 Å². The van der Waals surface area contributed by atoms with Crippen LogP contribution >= 0.6 is 0 Å². The van der Waals surface area contributed by atoms with Gasteiger partial charge in [0, 0.05) is 25.8 Å². The van der Waals surface area contributed by atoms with E-state index in [1.165, 1.54) is 0 Å². The van der Waals surface area contributed by atoms with E-state index in [2.05, 4.69) is 21.3 Å². The van der Waals surface area contributed by atoms with Crippen molar-refractivity contribution in [3.05, 3.63) is 65.7 Å². The summed E-state index contributed by atoms with van der Waals surface area (Å²) < 4.78 is 16.1. The second-order valence-electron chi connectivity index (χ2n) is 12.6. The molecule has 46 heavy (non-hydrogen) atoms. The van der Waals surface area contributed by atoms with Crippen molar-refractivity contribution in [1.82, 2.24) is 21.3 Å². The average molecular weight is 656 g/mol. The summed E-state index contributed by atoms with van der Waals surface area (Å²) in [6.45, 7) is 10.9. The van der Waals surface area contributed by atoms with Gasteiger partial charge in [-0.05, 0) is 39.7 Å². The molecular weight excluding hydrogens is 605 g/mol. The van der Waals surface area contributed by atoms with Gasteiger partial charge in [0.25, 0.3) is 8.41 Å². The maximum atomic E-state index is 16.1. The zero-order chi connectivity index (χ0) is 34.4. The van der Waals surface area contributed by atoms with E-state index in [4.69, 9.17) is 5.73 Å². The molecule has 0 aromatic heterocycles. The van der Waals surface area contributed by atoms with Gasteiger partial charge in [0.15, 0.2) is 0 Å². The zero-order valence-electron chi connectivity index (χ0n) is 27.8. The van der Waals surface area contributed by atoms with Gasteiger partial charge >= 0.3 is 0 Å². The highest BCUT2D eigenvalue weighted by atomic mass is 28.4. The number of carbonyl (C=O) groups excluding carboxylic acids is 5. The van der Waals surface area contributed by atoms with E-state index in [9.17, 15) is 24.0 Å². The molecule has 0 spiro atoms. The molecule has 0 aliphatic carbocycles. The lowest BCUT2D eigenvalue weighted by atomic mass is 10.0. The monoisotopic (exact) mass is 655 g/mol. The van der Waals surface area contributed by atoms with E-state index < -0.39 is 44.1 Å². The third-order valence-electron chi connectivity index (χ3n) is 7.98. The molecule has 2 aromatic carbocycles. The Bertz CT molecular complexity index is 1330. The molecule has 0 unspecified atom stereocenters. The Morgan fingerprint density at radius 3 is 1.96 bits per heavy atom. The predicted molar refractivity (Wildman–Crippen MR) is 180 cm³/mol. The molecule has 0 radical (unpaired) electrons. The summed E-state index contributed by atoms with van der Waals surface area (Å²) in [5.74, 6) is -2.70. The quantitative estimate of drug-likeness (QED) is 0.123. The van der Waals surface area contributed by atoms with Gasteiger partial charge in [0.1, 0.15) is 12.1 Å². The molecule has 2 rings (SSSR count).